The van der Waals surface area contributed by atoms with Crippen LogP contribution in [0.4, 0.5) is 11.4 Å². The first-order chi connectivity index (χ1) is 13.5. The van der Waals surface area contributed by atoms with Crippen LogP contribution in [0.15, 0.2) is 71.3 Å². The number of hydrogen-bond acceptors (Lipinski definition) is 5. The Kier molecular flexibility index (Phi) is 4.33. The average molecular weight is 373 g/mol. The first-order valence-corrected chi connectivity index (χ1v) is 8.55. The summed E-state index contributed by atoms with van der Waals surface area (Å²) >= 11 is 0. The first kappa shape index (κ1) is 17.4. The molecule has 0 aliphatic carbocycles. The van der Waals surface area contributed by atoms with Crippen molar-refractivity contribution in [1.29, 1.82) is 0 Å². The van der Waals surface area contributed by atoms with Gasteiger partial charge in [-0.3, -0.25) is 14.9 Å². The minimum absolute atomic E-state index is 0.0429. The molecule has 1 amide bonds. The van der Waals surface area contributed by atoms with Gasteiger partial charge in [0.25, 0.3) is 11.6 Å². The Hall–Kier alpha value is -4.00. The van der Waals surface area contributed by atoms with Crippen LogP contribution in [-0.4, -0.2) is 16.0 Å². The van der Waals surface area contributed by atoms with Gasteiger partial charge in [-0.25, -0.2) is 0 Å². The van der Waals surface area contributed by atoms with E-state index >= 15 is 0 Å². The Morgan fingerprint density at radius 3 is 2.61 bits per heavy atom. The number of carbonyl (C=O) groups is 1. The van der Waals surface area contributed by atoms with E-state index in [4.69, 9.17) is 4.52 Å². The lowest BCUT2D eigenvalue weighted by atomic mass is 10.1. The van der Waals surface area contributed by atoms with E-state index in [1.807, 2.05) is 30.3 Å². The fourth-order valence-electron chi connectivity index (χ4n) is 3.03. The van der Waals surface area contributed by atoms with Gasteiger partial charge in [-0.15, -0.1) is 0 Å². The Morgan fingerprint density at radius 2 is 1.86 bits per heavy atom. The number of hydrogen-bond donors (Lipinski definition) is 1. The zero-order chi connectivity index (χ0) is 19.7. The van der Waals surface area contributed by atoms with Crippen LogP contribution in [-0.2, 0) is 0 Å². The van der Waals surface area contributed by atoms with E-state index in [0.29, 0.717) is 28.1 Å². The molecule has 1 aromatic heterocycles. The zero-order valence-corrected chi connectivity index (χ0v) is 14.9. The molecule has 0 saturated carbocycles. The van der Waals surface area contributed by atoms with Crippen LogP contribution in [0, 0.1) is 17.0 Å². The Bertz CT molecular complexity index is 1200. The van der Waals surface area contributed by atoms with Crippen LogP contribution in [0.25, 0.3) is 22.2 Å². The van der Waals surface area contributed by atoms with Gasteiger partial charge in [-0.2, -0.15) is 0 Å². The van der Waals surface area contributed by atoms with Crippen molar-refractivity contribution in [1.82, 2.24) is 5.16 Å². The number of nitro groups is 1. The maximum atomic E-state index is 12.7. The van der Waals surface area contributed by atoms with E-state index in [1.54, 1.807) is 31.2 Å². The Balaban J connectivity index is 1.69. The molecule has 0 aliphatic heterocycles. The number of anilines is 1. The van der Waals surface area contributed by atoms with E-state index in [2.05, 4.69) is 10.5 Å². The highest BCUT2D eigenvalue weighted by Crippen LogP contribution is 2.30. The number of benzene rings is 3. The van der Waals surface area contributed by atoms with Crippen molar-refractivity contribution < 1.29 is 14.2 Å². The predicted molar refractivity (Wildman–Crippen MR) is 105 cm³/mol. The SMILES string of the molecule is Cc1c(NC(=O)c2ccc3noc(-c4ccccc4)c3c2)cccc1[N+](=O)[O-]. The Morgan fingerprint density at radius 1 is 1.07 bits per heavy atom. The van der Waals surface area contributed by atoms with Gasteiger partial charge in [0.05, 0.1) is 21.6 Å². The van der Waals surface area contributed by atoms with Gasteiger partial charge in [0.2, 0.25) is 0 Å². The number of fused-ring (bicyclic) bond motifs is 1. The summed E-state index contributed by atoms with van der Waals surface area (Å²) in [6.07, 6.45) is 0. The molecule has 0 fully saturated rings. The minimum Gasteiger partial charge on any atom is -0.355 e. The third-order valence-corrected chi connectivity index (χ3v) is 4.52. The third kappa shape index (κ3) is 3.09. The summed E-state index contributed by atoms with van der Waals surface area (Å²) in [7, 11) is 0. The molecule has 28 heavy (non-hydrogen) atoms. The number of nitro benzene ring substituents is 1. The standard InChI is InChI=1S/C21H15N3O4/c1-13-17(8-5-9-19(13)24(26)27)22-21(25)15-10-11-18-16(12-15)20(28-23-18)14-6-3-2-4-7-14/h2-12H,1H3,(H,22,25). The van der Waals surface area contributed by atoms with Crippen molar-refractivity contribution in [3.8, 4) is 11.3 Å². The number of aromatic nitrogens is 1. The van der Waals surface area contributed by atoms with E-state index in [-0.39, 0.29) is 11.6 Å². The van der Waals surface area contributed by atoms with Gasteiger partial charge < -0.3 is 9.84 Å². The number of carbonyl (C=O) groups excluding carboxylic acids is 1. The van der Waals surface area contributed by atoms with E-state index in [9.17, 15) is 14.9 Å². The lowest BCUT2D eigenvalue weighted by molar-refractivity contribution is -0.385. The van der Waals surface area contributed by atoms with Crippen molar-refractivity contribution in [2.24, 2.45) is 0 Å². The highest BCUT2D eigenvalue weighted by atomic mass is 16.6. The van der Waals surface area contributed by atoms with Crippen molar-refractivity contribution in [3.63, 3.8) is 0 Å². The quantitative estimate of drug-likeness (QED) is 0.402. The van der Waals surface area contributed by atoms with Crippen molar-refractivity contribution in [3.05, 3.63) is 88.0 Å². The smallest absolute Gasteiger partial charge is 0.274 e. The summed E-state index contributed by atoms with van der Waals surface area (Å²) in [4.78, 5) is 23.4. The van der Waals surface area contributed by atoms with Crippen LogP contribution < -0.4 is 5.32 Å². The molecule has 4 rings (SSSR count). The van der Waals surface area contributed by atoms with Gasteiger partial charge in [-0.05, 0) is 31.2 Å². The molecule has 7 nitrogen and oxygen atoms in total. The maximum Gasteiger partial charge on any atom is 0.274 e. The van der Waals surface area contributed by atoms with Crippen molar-refractivity contribution >= 4 is 28.2 Å². The zero-order valence-electron chi connectivity index (χ0n) is 14.9. The van der Waals surface area contributed by atoms with Crippen LogP contribution in [0.3, 0.4) is 0 Å². The summed E-state index contributed by atoms with van der Waals surface area (Å²) in [6.45, 7) is 1.60. The van der Waals surface area contributed by atoms with Gasteiger partial charge >= 0.3 is 0 Å². The minimum atomic E-state index is -0.472. The third-order valence-electron chi connectivity index (χ3n) is 4.52. The van der Waals surface area contributed by atoms with Crippen molar-refractivity contribution in [2.75, 3.05) is 5.32 Å². The molecule has 4 aromatic rings. The number of nitrogens with one attached hydrogen (secondary N) is 1. The first-order valence-electron chi connectivity index (χ1n) is 8.55. The molecule has 0 atom stereocenters. The number of nitrogens with zero attached hydrogens (tertiary/aromatic N) is 2. The molecule has 0 bridgehead atoms. The van der Waals surface area contributed by atoms with Gasteiger partial charge in [-0.1, -0.05) is 41.6 Å². The van der Waals surface area contributed by atoms with Gasteiger partial charge in [0.1, 0.15) is 5.52 Å². The molecule has 0 spiro atoms. The monoisotopic (exact) mass is 373 g/mol. The highest BCUT2D eigenvalue weighted by Gasteiger charge is 2.17. The molecular weight excluding hydrogens is 358 g/mol. The van der Waals surface area contributed by atoms with Crippen LogP contribution in [0.1, 0.15) is 15.9 Å². The summed E-state index contributed by atoms with van der Waals surface area (Å²) in [5.41, 5.74) is 2.65. The lowest BCUT2D eigenvalue weighted by Crippen LogP contribution is -2.13. The van der Waals surface area contributed by atoms with Gasteiger partial charge in [0.15, 0.2) is 5.76 Å². The van der Waals surface area contributed by atoms with Crippen molar-refractivity contribution in [2.45, 2.75) is 6.92 Å². The average Bonchev–Trinajstić information content (AvgIpc) is 3.13. The second-order valence-corrected chi connectivity index (χ2v) is 6.27. The van der Waals surface area contributed by atoms with Gasteiger partial charge in [0, 0.05) is 17.2 Å². The second kappa shape index (κ2) is 6.96. The predicted octanol–water partition coefficient (Wildman–Crippen LogP) is 4.96. The molecule has 3 aromatic carbocycles. The van der Waals surface area contributed by atoms with E-state index in [0.717, 1.165) is 10.9 Å². The Labute approximate surface area is 159 Å². The molecule has 0 unspecified atom stereocenters. The highest BCUT2D eigenvalue weighted by molar-refractivity contribution is 6.07. The summed E-state index contributed by atoms with van der Waals surface area (Å²) in [5.74, 6) is 0.211. The van der Waals surface area contributed by atoms with Crippen LogP contribution >= 0.6 is 0 Å². The second-order valence-electron chi connectivity index (χ2n) is 6.27. The number of rotatable bonds is 4. The lowest BCUT2D eigenvalue weighted by Gasteiger charge is -2.08. The fraction of sp³-hybridized carbons (Fsp3) is 0.0476. The molecule has 0 aliphatic rings. The summed E-state index contributed by atoms with van der Waals surface area (Å²) < 4.78 is 5.46. The normalized spacial score (nSPS) is 10.8. The molecule has 0 saturated heterocycles. The largest absolute Gasteiger partial charge is 0.355 e. The summed E-state index contributed by atoms with van der Waals surface area (Å²) in [6, 6.07) is 19.1. The summed E-state index contributed by atoms with van der Waals surface area (Å²) in [5, 5.41) is 18.6. The topological polar surface area (TPSA) is 98.3 Å². The molecule has 1 heterocycles. The molecule has 1 N–H and O–H groups in total. The van der Waals surface area contributed by atoms with Crippen LogP contribution in [0.5, 0.6) is 0 Å². The number of amides is 1. The maximum absolute atomic E-state index is 12.7. The van der Waals surface area contributed by atoms with E-state index in [1.165, 1.54) is 12.1 Å². The molecule has 138 valence electrons. The fourth-order valence-corrected chi connectivity index (χ4v) is 3.03. The van der Waals surface area contributed by atoms with E-state index < -0.39 is 4.92 Å². The van der Waals surface area contributed by atoms with Crippen LogP contribution in [0.2, 0.25) is 0 Å². The molecule has 7 heteroatoms. The molecule has 0 radical (unpaired) electrons. The molecular formula is C21H15N3O4.